The Morgan fingerprint density at radius 3 is 2.86 bits per heavy atom. The Bertz CT molecular complexity index is 663. The molecular weight excluding hydrogens is 266 g/mol. The van der Waals surface area contributed by atoms with E-state index in [1.807, 2.05) is 11.5 Å². The number of esters is 1. The van der Waals surface area contributed by atoms with Crippen molar-refractivity contribution in [2.45, 2.75) is 39.2 Å². The predicted octanol–water partition coefficient (Wildman–Crippen LogP) is 2.49. The minimum absolute atomic E-state index is 0.217. The zero-order chi connectivity index (χ0) is 14.8. The van der Waals surface area contributed by atoms with E-state index < -0.39 is 5.97 Å². The van der Waals surface area contributed by atoms with Crippen LogP contribution in [0.15, 0.2) is 24.3 Å². The molecule has 1 aromatic carbocycles. The molecule has 5 nitrogen and oxygen atoms in total. The van der Waals surface area contributed by atoms with Crippen molar-refractivity contribution < 1.29 is 9.53 Å². The van der Waals surface area contributed by atoms with E-state index in [9.17, 15) is 4.79 Å². The Morgan fingerprint density at radius 1 is 1.33 bits per heavy atom. The molecule has 0 radical (unpaired) electrons. The number of aryl methyl sites for hydroxylation is 2. The van der Waals surface area contributed by atoms with E-state index in [1.54, 1.807) is 6.92 Å². The van der Waals surface area contributed by atoms with Gasteiger partial charge in [0.2, 0.25) is 5.82 Å². The van der Waals surface area contributed by atoms with Crippen LogP contribution in [0, 0.1) is 6.92 Å². The molecule has 0 saturated carbocycles. The molecule has 0 spiro atoms. The van der Waals surface area contributed by atoms with Gasteiger partial charge < -0.3 is 9.30 Å². The monoisotopic (exact) mass is 285 g/mol. The maximum Gasteiger partial charge on any atom is 0.376 e. The lowest BCUT2D eigenvalue weighted by Crippen LogP contribution is -2.24. The SMILES string of the molecule is CCOC(=O)c1nnc(C)n1C1CCc2ccccc2C1. The second-order valence-corrected chi connectivity index (χ2v) is 5.33. The van der Waals surface area contributed by atoms with Crippen molar-refractivity contribution in [1.82, 2.24) is 14.8 Å². The normalized spacial score (nSPS) is 17.3. The largest absolute Gasteiger partial charge is 0.460 e. The number of nitrogens with zero attached hydrogens (tertiary/aromatic N) is 3. The van der Waals surface area contributed by atoms with Crippen LogP contribution in [-0.4, -0.2) is 27.3 Å². The topological polar surface area (TPSA) is 57.0 Å². The summed E-state index contributed by atoms with van der Waals surface area (Å²) < 4.78 is 7.02. The first kappa shape index (κ1) is 13.8. The molecule has 1 atom stereocenters. The first-order chi connectivity index (χ1) is 10.2. The smallest absolute Gasteiger partial charge is 0.376 e. The Kier molecular flexibility index (Phi) is 3.73. The minimum Gasteiger partial charge on any atom is -0.460 e. The van der Waals surface area contributed by atoms with Gasteiger partial charge in [-0.2, -0.15) is 0 Å². The summed E-state index contributed by atoms with van der Waals surface area (Å²) in [6.07, 6.45) is 2.91. The van der Waals surface area contributed by atoms with Crippen LogP contribution in [0.2, 0.25) is 0 Å². The predicted molar refractivity (Wildman–Crippen MR) is 78.2 cm³/mol. The Balaban J connectivity index is 1.92. The summed E-state index contributed by atoms with van der Waals surface area (Å²) in [7, 11) is 0. The lowest BCUT2D eigenvalue weighted by molar-refractivity contribution is 0.0502. The Morgan fingerprint density at radius 2 is 2.10 bits per heavy atom. The van der Waals surface area contributed by atoms with E-state index in [1.165, 1.54) is 11.1 Å². The molecule has 0 N–H and O–H groups in total. The van der Waals surface area contributed by atoms with E-state index in [4.69, 9.17) is 4.74 Å². The van der Waals surface area contributed by atoms with Gasteiger partial charge in [-0.15, -0.1) is 10.2 Å². The fraction of sp³-hybridized carbons (Fsp3) is 0.438. The summed E-state index contributed by atoms with van der Waals surface area (Å²) in [4.78, 5) is 12.0. The number of aromatic nitrogens is 3. The average Bonchev–Trinajstić information content (AvgIpc) is 2.89. The third-order valence-electron chi connectivity index (χ3n) is 4.01. The number of fused-ring (bicyclic) bond motifs is 1. The van der Waals surface area contributed by atoms with Crippen LogP contribution in [0.4, 0.5) is 0 Å². The molecule has 3 rings (SSSR count). The maximum absolute atomic E-state index is 12.0. The van der Waals surface area contributed by atoms with E-state index in [0.717, 1.165) is 25.1 Å². The molecule has 1 aliphatic carbocycles. The van der Waals surface area contributed by atoms with Gasteiger partial charge in [0.25, 0.3) is 0 Å². The molecule has 0 fully saturated rings. The average molecular weight is 285 g/mol. The van der Waals surface area contributed by atoms with Crippen molar-refractivity contribution in [2.75, 3.05) is 6.61 Å². The molecule has 0 saturated heterocycles. The highest BCUT2D eigenvalue weighted by Gasteiger charge is 2.27. The molecule has 1 heterocycles. The first-order valence-corrected chi connectivity index (χ1v) is 7.36. The maximum atomic E-state index is 12.0. The molecule has 0 amide bonds. The van der Waals surface area contributed by atoms with Gasteiger partial charge >= 0.3 is 5.97 Å². The van der Waals surface area contributed by atoms with Gasteiger partial charge in [-0.3, -0.25) is 0 Å². The van der Waals surface area contributed by atoms with E-state index >= 15 is 0 Å². The summed E-state index contributed by atoms with van der Waals surface area (Å²) in [5.41, 5.74) is 2.74. The Labute approximate surface area is 124 Å². The van der Waals surface area contributed by atoms with Crippen molar-refractivity contribution in [3.8, 4) is 0 Å². The van der Waals surface area contributed by atoms with Crippen molar-refractivity contribution in [1.29, 1.82) is 0 Å². The number of hydrogen-bond acceptors (Lipinski definition) is 4. The molecular formula is C16H19N3O2. The molecule has 1 aromatic heterocycles. The number of carbonyl (C=O) groups excluding carboxylic acids is 1. The van der Waals surface area contributed by atoms with Crippen molar-refractivity contribution in [3.05, 3.63) is 47.0 Å². The van der Waals surface area contributed by atoms with E-state index in [2.05, 4.69) is 34.5 Å². The fourth-order valence-corrected chi connectivity index (χ4v) is 3.04. The molecule has 1 aliphatic rings. The van der Waals surface area contributed by atoms with Gasteiger partial charge in [-0.25, -0.2) is 4.79 Å². The van der Waals surface area contributed by atoms with Crippen LogP contribution in [0.3, 0.4) is 0 Å². The standard InChI is InChI=1S/C16H19N3O2/c1-3-21-16(20)15-18-17-11(2)19(15)14-9-8-12-6-4-5-7-13(12)10-14/h4-7,14H,3,8-10H2,1-2H3. The highest BCUT2D eigenvalue weighted by molar-refractivity contribution is 5.85. The van der Waals surface area contributed by atoms with Gasteiger partial charge in [0.15, 0.2) is 0 Å². The highest BCUT2D eigenvalue weighted by atomic mass is 16.5. The summed E-state index contributed by atoms with van der Waals surface area (Å²) in [5.74, 6) is 0.693. The van der Waals surface area contributed by atoms with Gasteiger partial charge in [0.05, 0.1) is 6.61 Å². The third-order valence-corrected chi connectivity index (χ3v) is 4.01. The summed E-state index contributed by atoms with van der Waals surface area (Å²) in [6, 6.07) is 8.69. The molecule has 0 aliphatic heterocycles. The van der Waals surface area contributed by atoms with Crippen LogP contribution >= 0.6 is 0 Å². The minimum atomic E-state index is -0.392. The van der Waals surface area contributed by atoms with Gasteiger partial charge in [-0.1, -0.05) is 24.3 Å². The number of carbonyl (C=O) groups is 1. The molecule has 0 bridgehead atoms. The van der Waals surface area contributed by atoms with Gasteiger partial charge in [0, 0.05) is 6.04 Å². The molecule has 110 valence electrons. The van der Waals surface area contributed by atoms with Crippen LogP contribution in [0.1, 0.15) is 47.0 Å². The second kappa shape index (κ2) is 5.68. The zero-order valence-corrected chi connectivity index (χ0v) is 12.4. The number of ether oxygens (including phenoxy) is 1. The second-order valence-electron chi connectivity index (χ2n) is 5.33. The lowest BCUT2D eigenvalue weighted by Gasteiger charge is -2.27. The number of benzene rings is 1. The fourth-order valence-electron chi connectivity index (χ4n) is 3.04. The van der Waals surface area contributed by atoms with Crippen LogP contribution in [0.5, 0.6) is 0 Å². The first-order valence-electron chi connectivity index (χ1n) is 7.36. The molecule has 21 heavy (non-hydrogen) atoms. The third kappa shape index (κ3) is 2.55. The number of rotatable bonds is 3. The van der Waals surface area contributed by atoms with Crippen molar-refractivity contribution in [2.24, 2.45) is 0 Å². The summed E-state index contributed by atoms with van der Waals surface area (Å²) in [5, 5.41) is 8.07. The van der Waals surface area contributed by atoms with Crippen LogP contribution < -0.4 is 0 Å². The van der Waals surface area contributed by atoms with Crippen molar-refractivity contribution in [3.63, 3.8) is 0 Å². The summed E-state index contributed by atoms with van der Waals surface area (Å²) in [6.45, 7) is 4.02. The zero-order valence-electron chi connectivity index (χ0n) is 12.4. The van der Waals surface area contributed by atoms with Gasteiger partial charge in [-0.05, 0) is 44.2 Å². The van der Waals surface area contributed by atoms with Crippen LogP contribution in [0.25, 0.3) is 0 Å². The van der Waals surface area contributed by atoms with Crippen LogP contribution in [-0.2, 0) is 17.6 Å². The number of hydrogen-bond donors (Lipinski definition) is 0. The molecule has 1 unspecified atom stereocenters. The lowest BCUT2D eigenvalue weighted by atomic mass is 9.88. The summed E-state index contributed by atoms with van der Waals surface area (Å²) >= 11 is 0. The molecule has 5 heteroatoms. The van der Waals surface area contributed by atoms with Crippen molar-refractivity contribution >= 4 is 5.97 Å². The van der Waals surface area contributed by atoms with E-state index in [0.29, 0.717) is 12.4 Å². The highest BCUT2D eigenvalue weighted by Crippen LogP contribution is 2.30. The molecule has 2 aromatic rings. The Hall–Kier alpha value is -2.17. The quantitative estimate of drug-likeness (QED) is 0.813. The van der Waals surface area contributed by atoms with E-state index in [-0.39, 0.29) is 6.04 Å². The van der Waals surface area contributed by atoms with Gasteiger partial charge in [0.1, 0.15) is 5.82 Å².